The molecule has 1 aliphatic rings. The maximum absolute atomic E-state index is 6.40. The minimum Gasteiger partial charge on any atom is -0.334 e. The molecule has 0 aliphatic carbocycles. The summed E-state index contributed by atoms with van der Waals surface area (Å²) in [6.07, 6.45) is 3.97. The zero-order valence-electron chi connectivity index (χ0n) is 14.2. The molecule has 3 heterocycles. The van der Waals surface area contributed by atoms with Crippen molar-refractivity contribution < 1.29 is 9.30 Å². The summed E-state index contributed by atoms with van der Waals surface area (Å²) in [5.74, 6) is 0.963. The van der Waals surface area contributed by atoms with Crippen LogP contribution in [0.3, 0.4) is 0 Å². The fourth-order valence-corrected chi connectivity index (χ4v) is 3.41. The number of hydrogen-bond acceptors (Lipinski definition) is 2. The molecule has 0 bridgehead atoms. The molecule has 6 heteroatoms. The maximum Gasteiger partial charge on any atom is 0.293 e. The Hall–Kier alpha value is -2.37. The molecule has 2 aromatic heterocycles. The Balaban J connectivity index is 1.72. The number of piperazine rings is 1. The molecule has 0 unspecified atom stereocenters. The van der Waals surface area contributed by atoms with Crippen LogP contribution in [0.4, 0.5) is 0 Å². The van der Waals surface area contributed by atoms with Gasteiger partial charge in [-0.3, -0.25) is 5.01 Å². The summed E-state index contributed by atoms with van der Waals surface area (Å²) in [5, 5.41) is 7.56. The number of imidazole rings is 1. The second-order valence-electron chi connectivity index (χ2n) is 6.48. The first-order valence-electron chi connectivity index (χ1n) is 8.60. The van der Waals surface area contributed by atoms with Crippen molar-refractivity contribution in [3.05, 3.63) is 59.4 Å². The van der Waals surface area contributed by atoms with Crippen molar-refractivity contribution in [2.75, 3.05) is 33.2 Å². The number of benzene rings is 1. The van der Waals surface area contributed by atoms with Gasteiger partial charge in [0.25, 0.3) is 5.82 Å². The highest BCUT2D eigenvalue weighted by atomic mass is 35.5. The van der Waals surface area contributed by atoms with Crippen LogP contribution in [0.5, 0.6) is 0 Å². The lowest BCUT2D eigenvalue weighted by Crippen LogP contribution is -3.11. The van der Waals surface area contributed by atoms with Crippen LogP contribution in [-0.2, 0) is 0 Å². The van der Waals surface area contributed by atoms with Crippen LogP contribution in [-0.4, -0.2) is 49.4 Å². The Bertz CT molecular complexity index is 909. The first kappa shape index (κ1) is 16.1. The molecule has 2 N–H and O–H groups in total. The highest BCUT2D eigenvalue weighted by molar-refractivity contribution is 6.33. The predicted octanol–water partition coefficient (Wildman–Crippen LogP) is 1.24. The minimum absolute atomic E-state index is 0.729. The molecule has 0 saturated carbocycles. The van der Waals surface area contributed by atoms with Gasteiger partial charge in [0.1, 0.15) is 0 Å². The van der Waals surface area contributed by atoms with Gasteiger partial charge in [-0.2, -0.15) is 9.50 Å². The summed E-state index contributed by atoms with van der Waals surface area (Å²) in [5.41, 5.74) is 3.05. The van der Waals surface area contributed by atoms with Gasteiger partial charge in [-0.25, -0.2) is 4.98 Å². The highest BCUT2D eigenvalue weighted by Gasteiger charge is 2.21. The number of pyridine rings is 1. The molecule has 0 spiro atoms. The Kier molecular flexibility index (Phi) is 4.42. The number of fused-ring (bicyclic) bond motifs is 1. The third kappa shape index (κ3) is 3.25. The van der Waals surface area contributed by atoms with Crippen molar-refractivity contribution >= 4 is 23.3 Å². The maximum atomic E-state index is 6.40. The van der Waals surface area contributed by atoms with Crippen molar-refractivity contribution in [2.45, 2.75) is 0 Å². The lowest BCUT2D eigenvalue weighted by atomic mass is 10.2. The lowest BCUT2D eigenvalue weighted by Gasteiger charge is -2.27. The van der Waals surface area contributed by atoms with E-state index in [1.54, 1.807) is 4.90 Å². The topological polar surface area (TPSA) is 39.9 Å². The van der Waals surface area contributed by atoms with E-state index < -0.39 is 0 Å². The third-order valence-corrected chi connectivity index (χ3v) is 5.03. The van der Waals surface area contributed by atoms with Gasteiger partial charge >= 0.3 is 0 Å². The Labute approximate surface area is 152 Å². The molecule has 4 rings (SSSR count). The van der Waals surface area contributed by atoms with E-state index in [4.69, 9.17) is 11.6 Å². The molecule has 3 aromatic rings. The number of hydrogen-bond donors (Lipinski definition) is 2. The number of quaternary nitrogens is 1. The summed E-state index contributed by atoms with van der Waals surface area (Å²) in [6.45, 7) is 4.24. The van der Waals surface area contributed by atoms with Crippen LogP contribution in [0, 0.1) is 0 Å². The van der Waals surface area contributed by atoms with Crippen LogP contribution in [0.15, 0.2) is 53.8 Å². The van der Waals surface area contributed by atoms with E-state index >= 15 is 0 Å². The molecular formula is C19H22ClN5+2. The molecule has 128 valence electrons. The van der Waals surface area contributed by atoms with Crippen LogP contribution in [0.1, 0.15) is 5.69 Å². The molecule has 0 atom stereocenters. The minimum atomic E-state index is 0.729. The van der Waals surface area contributed by atoms with E-state index in [1.807, 2.05) is 48.8 Å². The molecule has 0 radical (unpaired) electrons. The average molecular weight is 356 g/mol. The fourth-order valence-electron chi connectivity index (χ4n) is 3.19. The standard InChI is InChI=1S/C19H20ClN5/c1-23-10-12-24(13-11-23)21-14-17-18-8-4-5-9-25(18)19(22-17)15-6-2-3-7-16(15)20/h2-9,14H,10-13H2,1H3/p+2. The zero-order valence-corrected chi connectivity index (χ0v) is 15.0. The van der Waals surface area contributed by atoms with Crippen LogP contribution < -0.4 is 9.30 Å². The number of rotatable bonds is 3. The monoisotopic (exact) mass is 355 g/mol. The largest absolute Gasteiger partial charge is 0.334 e. The average Bonchev–Trinajstić information content (AvgIpc) is 3.00. The van der Waals surface area contributed by atoms with Gasteiger partial charge in [0.2, 0.25) is 0 Å². The van der Waals surface area contributed by atoms with E-state index in [-0.39, 0.29) is 0 Å². The molecule has 1 saturated heterocycles. The first-order valence-corrected chi connectivity index (χ1v) is 8.97. The number of hydrazone groups is 1. The Morgan fingerprint density at radius 1 is 1.16 bits per heavy atom. The number of aromatic amines is 1. The molecule has 1 aliphatic heterocycles. The van der Waals surface area contributed by atoms with Gasteiger partial charge < -0.3 is 4.90 Å². The molecule has 25 heavy (non-hydrogen) atoms. The van der Waals surface area contributed by atoms with Gasteiger partial charge in [0, 0.05) is 0 Å². The van der Waals surface area contributed by atoms with Gasteiger partial charge in [-0.15, -0.1) is 0 Å². The van der Waals surface area contributed by atoms with Crippen molar-refractivity contribution in [1.82, 2.24) is 9.99 Å². The zero-order chi connectivity index (χ0) is 17.2. The summed E-state index contributed by atoms with van der Waals surface area (Å²) in [6, 6.07) is 14.0. The van der Waals surface area contributed by atoms with Gasteiger partial charge in [0.05, 0.1) is 56.2 Å². The molecule has 0 amide bonds. The number of nitrogens with zero attached hydrogens (tertiary/aromatic N) is 3. The number of likely N-dealkylation sites (N-methyl/N-ethyl adjacent to an activating group) is 1. The van der Waals surface area contributed by atoms with Crippen LogP contribution in [0.25, 0.3) is 16.9 Å². The van der Waals surface area contributed by atoms with E-state index in [2.05, 4.69) is 32.6 Å². The van der Waals surface area contributed by atoms with E-state index in [1.165, 1.54) is 0 Å². The number of aromatic nitrogens is 2. The normalized spacial score (nSPS) is 16.2. The van der Waals surface area contributed by atoms with Crippen LogP contribution >= 0.6 is 11.6 Å². The Morgan fingerprint density at radius 2 is 1.92 bits per heavy atom. The second-order valence-corrected chi connectivity index (χ2v) is 6.89. The van der Waals surface area contributed by atoms with Gasteiger partial charge in [0.15, 0.2) is 11.2 Å². The smallest absolute Gasteiger partial charge is 0.293 e. The fraction of sp³-hybridized carbons (Fsp3) is 0.263. The highest BCUT2D eigenvalue weighted by Crippen LogP contribution is 2.25. The van der Waals surface area contributed by atoms with Gasteiger partial charge in [-0.05, 0) is 24.3 Å². The van der Waals surface area contributed by atoms with Crippen molar-refractivity contribution in [3.8, 4) is 11.4 Å². The van der Waals surface area contributed by atoms with Gasteiger partial charge in [-0.1, -0.05) is 29.8 Å². The first-order chi connectivity index (χ1) is 12.2. The second kappa shape index (κ2) is 6.86. The van der Waals surface area contributed by atoms with E-state index in [9.17, 15) is 0 Å². The molecule has 5 nitrogen and oxygen atoms in total. The number of H-pyrrole nitrogens is 1. The molecule has 1 fully saturated rings. The van der Waals surface area contributed by atoms with Crippen molar-refractivity contribution in [2.24, 2.45) is 5.10 Å². The number of nitrogens with one attached hydrogen (secondary N) is 2. The Morgan fingerprint density at radius 3 is 2.72 bits per heavy atom. The van der Waals surface area contributed by atoms with E-state index in [0.29, 0.717) is 0 Å². The summed E-state index contributed by atoms with van der Waals surface area (Å²) >= 11 is 6.40. The van der Waals surface area contributed by atoms with Crippen molar-refractivity contribution in [3.63, 3.8) is 0 Å². The number of halogens is 1. The summed E-state index contributed by atoms with van der Waals surface area (Å²) in [7, 11) is 2.23. The summed E-state index contributed by atoms with van der Waals surface area (Å²) in [4.78, 5) is 5.06. The molecule has 1 aromatic carbocycles. The van der Waals surface area contributed by atoms with Crippen molar-refractivity contribution in [1.29, 1.82) is 0 Å². The molecular weight excluding hydrogens is 334 g/mol. The SMILES string of the molecule is C[NH+]1CCN(N=Cc2[nH]c(-c3ccccc3Cl)[n+]3ccccc23)CC1. The summed E-state index contributed by atoms with van der Waals surface area (Å²) < 4.78 is 2.12. The van der Waals surface area contributed by atoms with E-state index in [0.717, 1.165) is 53.8 Å². The third-order valence-electron chi connectivity index (χ3n) is 4.70. The predicted molar refractivity (Wildman–Crippen MR) is 100 cm³/mol. The van der Waals surface area contributed by atoms with Crippen LogP contribution in [0.2, 0.25) is 5.02 Å². The lowest BCUT2D eigenvalue weighted by molar-refractivity contribution is -0.884. The quantitative estimate of drug-likeness (QED) is 0.538.